The maximum absolute atomic E-state index is 5.33. The molecule has 0 amide bonds. The van der Waals surface area contributed by atoms with Crippen LogP contribution in [0, 0.1) is 0 Å². The van der Waals surface area contributed by atoms with E-state index in [9.17, 15) is 0 Å². The second-order valence-electron chi connectivity index (χ2n) is 25.1. The molecule has 123 heavy (non-hydrogen) atoms. The van der Waals surface area contributed by atoms with E-state index in [1.54, 1.807) is 0 Å². The molecule has 0 aromatic heterocycles. The van der Waals surface area contributed by atoms with Gasteiger partial charge in [0.15, 0.2) is 0 Å². The molecule has 3 saturated heterocycles. The SMILES string of the molecule is C1COCCOCCOCCOCCOCCO1.C1COCCOCCOCCOCCOCCO1.C1COCCOCCOCCOCCOCCO1.[Cr].[Cr].[Cr].[Cr].[Cr].[Cr].[K].[K].[K].c1ccc2ccccc2c1.c1ccc2ccccc2c1.c1ccc2ccccc2c1.c1ccc2ccccc2c1.c1ccc2ccccc2c1.c1ccc2ccccc2c1. The molecule has 0 saturated carbocycles. The summed E-state index contributed by atoms with van der Waals surface area (Å²) in [7, 11) is 0. The number of hydrogen-bond acceptors (Lipinski definition) is 18. The Morgan fingerprint density at radius 2 is 0.130 bits per heavy atom. The first-order valence-electron chi connectivity index (χ1n) is 39.8. The topological polar surface area (TPSA) is 166 Å². The average molecular weight is 1990 g/mol. The number of fused-ring (bicyclic) bond motifs is 6. The van der Waals surface area contributed by atoms with Crippen molar-refractivity contribution in [1.82, 2.24) is 0 Å². The zero-order valence-electron chi connectivity index (χ0n) is 72.0. The van der Waals surface area contributed by atoms with Crippen LogP contribution in [0.1, 0.15) is 0 Å². The Kier molecular flexibility index (Phi) is 96.2. The molecule has 0 aliphatic carbocycles. The van der Waals surface area contributed by atoms with Gasteiger partial charge in [-0.3, -0.25) is 0 Å². The molecule has 0 spiro atoms. The van der Waals surface area contributed by atoms with Crippen LogP contribution in [0.4, 0.5) is 0 Å². The van der Waals surface area contributed by atoms with Crippen LogP contribution >= 0.6 is 0 Å². The third-order valence-electron chi connectivity index (χ3n) is 16.6. The van der Waals surface area contributed by atoms with Crippen molar-refractivity contribution in [3.05, 3.63) is 291 Å². The molecule has 12 aromatic carbocycles. The molecule has 3 radical (unpaired) electrons. The van der Waals surface area contributed by atoms with Gasteiger partial charge in [0.1, 0.15) is 0 Å². The molecule has 0 atom stereocenters. The third-order valence-corrected chi connectivity index (χ3v) is 16.6. The molecule has 3 aliphatic heterocycles. The van der Waals surface area contributed by atoms with Crippen molar-refractivity contribution < 1.29 is 189 Å². The van der Waals surface area contributed by atoms with Crippen LogP contribution in [0.15, 0.2) is 291 Å². The largest absolute Gasteiger partial charge is 0.377 e. The molecule has 15 rings (SSSR count). The fraction of sp³-hybridized carbons (Fsp3) is 0.375. The van der Waals surface area contributed by atoms with Crippen LogP contribution in [-0.2, 0) is 189 Å². The van der Waals surface area contributed by atoms with Gasteiger partial charge in [0.2, 0.25) is 0 Å². The van der Waals surface area contributed by atoms with E-state index < -0.39 is 0 Å². The first kappa shape index (κ1) is 127. The van der Waals surface area contributed by atoms with Crippen LogP contribution < -0.4 is 0 Å². The maximum Gasteiger partial charge on any atom is 0.0701 e. The van der Waals surface area contributed by atoms with Gasteiger partial charge >= 0.3 is 0 Å². The zero-order chi connectivity index (χ0) is 79.1. The average Bonchev–Trinajstić information content (AvgIpc) is 0.908. The van der Waals surface area contributed by atoms with Gasteiger partial charge in [0, 0.05) is 258 Å². The number of hydrogen-bond donors (Lipinski definition) is 0. The van der Waals surface area contributed by atoms with Crippen molar-refractivity contribution in [3.8, 4) is 0 Å². The fourth-order valence-electron chi connectivity index (χ4n) is 10.8. The van der Waals surface area contributed by atoms with E-state index in [1.807, 2.05) is 0 Å². The van der Waals surface area contributed by atoms with E-state index >= 15 is 0 Å². The Labute approximate surface area is 923 Å². The molecule has 27 heteroatoms. The minimum absolute atomic E-state index is 0. The Morgan fingerprint density at radius 1 is 0.0894 bits per heavy atom. The zero-order valence-corrected chi connectivity index (χ0v) is 89.0. The molecular weight excluding hydrogens is 1870 g/mol. The van der Waals surface area contributed by atoms with Crippen molar-refractivity contribution in [3.63, 3.8) is 0 Å². The number of benzene rings is 12. The summed E-state index contributed by atoms with van der Waals surface area (Å²) in [5.74, 6) is 0. The summed E-state index contributed by atoms with van der Waals surface area (Å²) in [5.41, 5.74) is 0. The van der Waals surface area contributed by atoms with E-state index in [2.05, 4.69) is 291 Å². The van der Waals surface area contributed by atoms with Crippen molar-refractivity contribution in [2.24, 2.45) is 0 Å². The standard InChI is InChI=1S/3C12H24O6.6C10H8.6Cr.3K/c3*1-2-14-5-6-16-9-10-18-12-11-17-8-7-15-4-3-13-1;6*1-2-6-10-8-4-3-7-9(10)5-1;;;;;;;;;/h3*1-12H2;6*1-8H;;;;;;;;;. The Hall–Kier alpha value is -0.416. The first-order chi connectivity index (χ1) is 56.8. The second-order valence-corrected chi connectivity index (χ2v) is 25.1. The number of rotatable bonds is 0. The summed E-state index contributed by atoms with van der Waals surface area (Å²) in [6.45, 7) is 21.1. The maximum atomic E-state index is 5.33. The van der Waals surface area contributed by atoms with Gasteiger partial charge in [0.05, 0.1) is 238 Å². The summed E-state index contributed by atoms with van der Waals surface area (Å²) < 4.78 is 95.9. The van der Waals surface area contributed by atoms with E-state index in [0.29, 0.717) is 238 Å². The summed E-state index contributed by atoms with van der Waals surface area (Å²) in [6.07, 6.45) is 0. The first-order valence-corrected chi connectivity index (χ1v) is 39.8. The van der Waals surface area contributed by atoms with Crippen LogP contribution in [0.2, 0.25) is 0 Å². The van der Waals surface area contributed by atoms with Crippen molar-refractivity contribution in [2.75, 3.05) is 238 Å². The van der Waals surface area contributed by atoms with Gasteiger partial charge in [-0.2, -0.15) is 0 Å². The molecule has 651 valence electrons. The van der Waals surface area contributed by atoms with Gasteiger partial charge in [0.25, 0.3) is 0 Å². The molecule has 3 fully saturated rings. The van der Waals surface area contributed by atoms with E-state index in [4.69, 9.17) is 85.3 Å². The Balaban J connectivity index is -0.00000132. The molecular formula is C96H120Cr6K3O18. The van der Waals surface area contributed by atoms with E-state index in [0.717, 1.165) is 0 Å². The van der Waals surface area contributed by atoms with Gasteiger partial charge < -0.3 is 85.3 Å². The normalized spacial score (nSPS) is 15.4. The number of ether oxygens (including phenoxy) is 18. The van der Waals surface area contributed by atoms with Crippen molar-refractivity contribution in [2.45, 2.75) is 0 Å². The van der Waals surface area contributed by atoms with E-state index in [-0.39, 0.29) is 258 Å². The monoisotopic (exact) mass is 1990 g/mol. The molecule has 12 aromatic rings. The summed E-state index contributed by atoms with van der Waals surface area (Å²) in [4.78, 5) is 0. The minimum Gasteiger partial charge on any atom is -0.377 e. The second kappa shape index (κ2) is 93.4. The predicted molar refractivity (Wildman–Crippen MR) is 476 cm³/mol. The molecule has 0 unspecified atom stereocenters. The van der Waals surface area contributed by atoms with E-state index in [1.165, 1.54) is 64.6 Å². The molecule has 0 bridgehead atoms. The molecule has 0 N–H and O–H groups in total. The van der Waals surface area contributed by atoms with Crippen LogP contribution in [0.25, 0.3) is 64.6 Å². The van der Waals surface area contributed by atoms with Crippen LogP contribution in [0.5, 0.6) is 0 Å². The summed E-state index contributed by atoms with van der Waals surface area (Å²) in [5, 5.41) is 15.7. The summed E-state index contributed by atoms with van der Waals surface area (Å²) >= 11 is 0. The van der Waals surface area contributed by atoms with Gasteiger partial charge in [-0.25, -0.2) is 0 Å². The molecule has 3 aliphatic rings. The molecule has 3 heterocycles. The minimum atomic E-state index is 0. The molecule has 18 nitrogen and oxygen atoms in total. The summed E-state index contributed by atoms with van der Waals surface area (Å²) in [6, 6.07) is 100. The van der Waals surface area contributed by atoms with Crippen molar-refractivity contribution >= 4 is 219 Å². The van der Waals surface area contributed by atoms with Gasteiger partial charge in [-0.05, 0) is 64.6 Å². The fourth-order valence-corrected chi connectivity index (χ4v) is 10.8. The predicted octanol–water partition coefficient (Wildman–Crippen LogP) is 16.2. The van der Waals surface area contributed by atoms with Crippen LogP contribution in [0.3, 0.4) is 0 Å². The Morgan fingerprint density at radius 3 is 0.171 bits per heavy atom. The van der Waals surface area contributed by atoms with Crippen molar-refractivity contribution in [1.29, 1.82) is 0 Å². The quantitative estimate of drug-likeness (QED) is 0.131. The third kappa shape index (κ3) is 66.6. The van der Waals surface area contributed by atoms with Crippen LogP contribution in [-0.4, -0.2) is 392 Å². The van der Waals surface area contributed by atoms with Gasteiger partial charge in [-0.1, -0.05) is 291 Å². The smallest absolute Gasteiger partial charge is 0.0701 e. The van der Waals surface area contributed by atoms with Gasteiger partial charge in [-0.15, -0.1) is 0 Å². The Bertz CT molecular complexity index is 3000.